The summed E-state index contributed by atoms with van der Waals surface area (Å²) in [4.78, 5) is 46.5. The van der Waals surface area contributed by atoms with Gasteiger partial charge in [0.15, 0.2) is 11.6 Å². The van der Waals surface area contributed by atoms with Gasteiger partial charge < -0.3 is 20.0 Å². The largest absolute Gasteiger partial charge is 0.466 e. The maximum absolute atomic E-state index is 12.5. The Bertz CT molecular complexity index is 865. The van der Waals surface area contributed by atoms with Crippen LogP contribution in [0.15, 0.2) is 42.5 Å². The van der Waals surface area contributed by atoms with Crippen molar-refractivity contribution < 1.29 is 28.8 Å². The predicted octanol–water partition coefficient (Wildman–Crippen LogP) is 1.81. The fourth-order valence-corrected chi connectivity index (χ4v) is 2.55. The lowest BCUT2D eigenvalue weighted by Gasteiger charge is -2.19. The van der Waals surface area contributed by atoms with Crippen LogP contribution in [0.3, 0.4) is 0 Å². The maximum Gasteiger partial charge on any atom is 0.466 e. The van der Waals surface area contributed by atoms with E-state index in [0.29, 0.717) is 22.3 Å². The Kier molecular flexibility index (Phi) is 5.67. The molecule has 0 bridgehead atoms. The molecule has 0 fully saturated rings. The van der Waals surface area contributed by atoms with E-state index in [2.05, 4.69) is 5.32 Å². The van der Waals surface area contributed by atoms with E-state index in [1.165, 1.54) is 0 Å². The lowest BCUT2D eigenvalue weighted by molar-refractivity contribution is 0.0979. The lowest BCUT2D eigenvalue weighted by atomic mass is 9.83. The maximum atomic E-state index is 12.5. The predicted molar refractivity (Wildman–Crippen MR) is 91.5 cm³/mol. The molecule has 0 aliphatic heterocycles. The van der Waals surface area contributed by atoms with Crippen molar-refractivity contribution >= 4 is 19.4 Å². The Hall–Kier alpha value is -2.15. The zero-order chi connectivity index (χ0) is 18.8. The minimum atomic E-state index is -4.64. The van der Waals surface area contributed by atoms with Gasteiger partial charge in [-0.15, -0.1) is 0 Å². The van der Waals surface area contributed by atoms with Crippen molar-refractivity contribution in [2.45, 2.75) is 13.0 Å². The van der Waals surface area contributed by atoms with E-state index in [-0.39, 0.29) is 17.6 Å². The molecule has 2 aromatic rings. The monoisotopic (exact) mass is 363 g/mol. The highest BCUT2D eigenvalue weighted by Gasteiger charge is 2.29. The van der Waals surface area contributed by atoms with Crippen LogP contribution in [0.5, 0.6) is 0 Å². The highest BCUT2D eigenvalue weighted by atomic mass is 31.2. The average molecular weight is 363 g/mol. The summed E-state index contributed by atoms with van der Waals surface area (Å²) >= 11 is 0. The molecular formula is C17H18NO6P. The van der Waals surface area contributed by atoms with Crippen molar-refractivity contribution in [1.82, 2.24) is 5.32 Å². The van der Waals surface area contributed by atoms with Gasteiger partial charge in [-0.3, -0.25) is 9.59 Å². The van der Waals surface area contributed by atoms with Crippen LogP contribution in [0.2, 0.25) is 0 Å². The zero-order valence-corrected chi connectivity index (χ0v) is 14.5. The molecule has 0 heterocycles. The molecule has 25 heavy (non-hydrogen) atoms. The Balaban J connectivity index is 0.000000399. The van der Waals surface area contributed by atoms with Crippen LogP contribution in [0.25, 0.3) is 0 Å². The molecule has 4 N–H and O–H groups in total. The van der Waals surface area contributed by atoms with E-state index in [1.54, 1.807) is 30.3 Å². The molecule has 1 unspecified atom stereocenters. The van der Waals surface area contributed by atoms with E-state index in [9.17, 15) is 9.59 Å². The van der Waals surface area contributed by atoms with Gasteiger partial charge in [0.05, 0.1) is 0 Å². The second-order valence-electron chi connectivity index (χ2n) is 5.53. The summed E-state index contributed by atoms with van der Waals surface area (Å²) in [7, 11) is -2.77. The van der Waals surface area contributed by atoms with Gasteiger partial charge in [0.2, 0.25) is 0 Å². The lowest BCUT2D eigenvalue weighted by Crippen LogP contribution is -2.22. The molecule has 132 valence electrons. The molecule has 1 aliphatic carbocycles. The fraction of sp³-hybridized carbons (Fsp3) is 0.176. The number of rotatable bonds is 2. The van der Waals surface area contributed by atoms with Crippen LogP contribution in [0.4, 0.5) is 0 Å². The van der Waals surface area contributed by atoms with Crippen LogP contribution in [-0.4, -0.2) is 33.3 Å². The van der Waals surface area contributed by atoms with Gasteiger partial charge in [0.25, 0.3) is 0 Å². The molecule has 0 saturated heterocycles. The molecule has 0 amide bonds. The summed E-state index contributed by atoms with van der Waals surface area (Å²) in [6.45, 7) is 2.02. The van der Waals surface area contributed by atoms with E-state index in [0.717, 1.165) is 5.56 Å². The summed E-state index contributed by atoms with van der Waals surface area (Å²) in [5.41, 5.74) is 3.01. The van der Waals surface area contributed by atoms with Crippen LogP contribution in [0, 0.1) is 0 Å². The molecule has 3 rings (SSSR count). The summed E-state index contributed by atoms with van der Waals surface area (Å²) in [5.74, 6) is -0.140. The van der Waals surface area contributed by atoms with Crippen molar-refractivity contribution in [3.63, 3.8) is 0 Å². The fourth-order valence-electron chi connectivity index (χ4n) is 2.55. The third-order valence-corrected chi connectivity index (χ3v) is 3.88. The molecule has 0 aromatic heterocycles. The molecule has 8 heteroatoms. The first kappa shape index (κ1) is 19.2. The Morgan fingerprint density at radius 2 is 1.32 bits per heavy atom. The number of benzene rings is 2. The van der Waals surface area contributed by atoms with Gasteiger partial charge >= 0.3 is 7.82 Å². The molecule has 0 saturated carbocycles. The number of carbonyl (C=O) groups is 2. The molecular weight excluding hydrogens is 345 g/mol. The smallest absolute Gasteiger partial charge is 0.313 e. The number of phosphoric acid groups is 1. The van der Waals surface area contributed by atoms with E-state index >= 15 is 0 Å². The normalized spacial score (nSPS) is 14.1. The first-order valence-corrected chi connectivity index (χ1v) is 8.98. The number of carbonyl (C=O) groups excluding carboxylic acids is 2. The van der Waals surface area contributed by atoms with Gasteiger partial charge in [-0.1, -0.05) is 30.3 Å². The van der Waals surface area contributed by atoms with Crippen molar-refractivity contribution in [2.75, 3.05) is 7.05 Å². The van der Waals surface area contributed by atoms with Crippen molar-refractivity contribution in [3.05, 3.63) is 70.3 Å². The van der Waals surface area contributed by atoms with Crippen LogP contribution >= 0.6 is 7.82 Å². The van der Waals surface area contributed by atoms with Gasteiger partial charge in [-0.2, -0.15) is 0 Å². The summed E-state index contributed by atoms with van der Waals surface area (Å²) in [6.07, 6.45) is 0. The van der Waals surface area contributed by atoms with Gasteiger partial charge in [-0.25, -0.2) is 4.57 Å². The third kappa shape index (κ3) is 4.48. The minimum Gasteiger partial charge on any atom is -0.313 e. The first-order valence-electron chi connectivity index (χ1n) is 7.41. The standard InChI is InChI=1S/C17H15NO2.H3O4P/c1-10(18-2)11-7-8-14-15(9-11)17(20)13-6-4-3-5-12(13)16(14)19;1-5(2,3)4/h3-10,18H,1-2H3;(H3,1,2,3,4). The van der Waals surface area contributed by atoms with Crippen LogP contribution < -0.4 is 5.32 Å². The molecule has 1 atom stereocenters. The van der Waals surface area contributed by atoms with Crippen molar-refractivity contribution in [2.24, 2.45) is 0 Å². The van der Waals surface area contributed by atoms with Crippen LogP contribution in [-0.2, 0) is 4.57 Å². The first-order chi connectivity index (χ1) is 11.6. The average Bonchev–Trinajstić information content (AvgIpc) is 2.57. The molecule has 7 nitrogen and oxygen atoms in total. The number of ketones is 2. The molecule has 2 aromatic carbocycles. The number of fused-ring (bicyclic) bond motifs is 2. The summed E-state index contributed by atoms with van der Waals surface area (Å²) < 4.78 is 8.88. The van der Waals surface area contributed by atoms with Crippen LogP contribution in [0.1, 0.15) is 50.4 Å². The quantitative estimate of drug-likeness (QED) is 0.512. The van der Waals surface area contributed by atoms with Crippen molar-refractivity contribution in [1.29, 1.82) is 0 Å². The second-order valence-corrected chi connectivity index (χ2v) is 6.56. The zero-order valence-electron chi connectivity index (χ0n) is 13.6. The number of hydrogen-bond acceptors (Lipinski definition) is 4. The number of nitrogens with one attached hydrogen (secondary N) is 1. The topological polar surface area (TPSA) is 124 Å². The van der Waals surface area contributed by atoms with Gasteiger partial charge in [0.1, 0.15) is 0 Å². The summed E-state index contributed by atoms with van der Waals surface area (Å²) in [5, 5.41) is 3.14. The SMILES string of the molecule is CNC(C)c1ccc2c(c1)C(=O)c1ccccc1C2=O.O=P(O)(O)O. The highest BCUT2D eigenvalue weighted by Crippen LogP contribution is 2.29. The van der Waals surface area contributed by atoms with Gasteiger partial charge in [-0.05, 0) is 31.7 Å². The highest BCUT2D eigenvalue weighted by molar-refractivity contribution is 7.45. The number of hydrogen-bond donors (Lipinski definition) is 4. The molecule has 1 aliphatic rings. The second kappa shape index (κ2) is 7.39. The van der Waals surface area contributed by atoms with E-state index in [4.69, 9.17) is 19.2 Å². The third-order valence-electron chi connectivity index (χ3n) is 3.88. The molecule has 0 radical (unpaired) electrons. The van der Waals surface area contributed by atoms with Gasteiger partial charge in [0, 0.05) is 28.3 Å². The van der Waals surface area contributed by atoms with E-state index in [1.807, 2.05) is 26.1 Å². The minimum absolute atomic E-state index is 0.0691. The Morgan fingerprint density at radius 3 is 1.80 bits per heavy atom. The molecule has 0 spiro atoms. The summed E-state index contributed by atoms with van der Waals surface area (Å²) in [6, 6.07) is 12.6. The van der Waals surface area contributed by atoms with E-state index < -0.39 is 7.82 Å². The Labute approximate surface area is 144 Å². The van der Waals surface area contributed by atoms with Crippen molar-refractivity contribution in [3.8, 4) is 0 Å². The Morgan fingerprint density at radius 1 is 0.880 bits per heavy atom.